The third kappa shape index (κ3) is 66.1. The average Bonchev–Trinajstić information content (AvgIpc) is 3.00. The highest BCUT2D eigenvalue weighted by atomic mass is 16.4. The van der Waals surface area contributed by atoms with E-state index in [4.69, 9.17) is 0 Å². The number of carbonyl (C=O) groups excluding carboxylic acids is 8. The largest absolute Gasteiger partial charge is 0.548 e. The van der Waals surface area contributed by atoms with Gasteiger partial charge in [0.25, 0.3) is 0 Å². The summed E-state index contributed by atoms with van der Waals surface area (Å²) in [5.74, 6) is -11.3. The van der Waals surface area contributed by atoms with Gasteiger partial charge >= 0.3 is 23.6 Å². The maximum absolute atomic E-state index is 10.6. The Hall–Kier alpha value is -4.40. The number of nitrogens with one attached hydrogen (secondary N) is 4. The molecule has 0 aliphatic carbocycles. The van der Waals surface area contributed by atoms with Crippen LogP contribution in [0.1, 0.15) is 53.4 Å². The number of hydrogen-bond donors (Lipinski definition) is 8. The van der Waals surface area contributed by atoms with Gasteiger partial charge < -0.3 is 83.8 Å². The SMILES string of the molecule is CCC[NH3+].CCC[NH3+].CCC[NH3+].CCC[NH3+].O=C([O-])CNC(=O)C(=O)NCC(=O)[O-].O=C([O-])CNC(=O)C(=O)NCC(=O)[O-]. The molecule has 0 aromatic carbocycles. The van der Waals surface area contributed by atoms with Crippen LogP contribution in [0.25, 0.3) is 0 Å². The van der Waals surface area contributed by atoms with Gasteiger partial charge in [-0.05, 0) is 25.7 Å². The highest BCUT2D eigenvalue weighted by Gasteiger charge is 2.12. The van der Waals surface area contributed by atoms with Gasteiger partial charge in [0.15, 0.2) is 0 Å². The van der Waals surface area contributed by atoms with Crippen molar-refractivity contribution in [3.05, 3.63) is 0 Å². The summed E-state index contributed by atoms with van der Waals surface area (Å²) in [6.07, 6.45) is 4.83. The summed E-state index contributed by atoms with van der Waals surface area (Å²) in [6, 6.07) is 0. The lowest BCUT2D eigenvalue weighted by atomic mass is 10.5. The van der Waals surface area contributed by atoms with Crippen LogP contribution in [0.5, 0.6) is 0 Å². The normalized spacial score (nSPS) is 8.36. The number of carboxylic acid groups (broad SMARTS) is 4. The van der Waals surface area contributed by atoms with Gasteiger partial charge in [-0.2, -0.15) is 0 Å². The molecule has 20 nitrogen and oxygen atoms in total. The van der Waals surface area contributed by atoms with Gasteiger partial charge in [0.05, 0.1) is 76.2 Å². The first kappa shape index (κ1) is 52.3. The lowest BCUT2D eigenvalue weighted by molar-refractivity contribution is -0.367. The molecule has 0 aromatic heterocycles. The molecule has 20 heteroatoms. The lowest BCUT2D eigenvalue weighted by Gasteiger charge is -2.06. The maximum atomic E-state index is 10.6. The standard InChI is InChI=1S/2C6H8N2O6.4C3H9N/c2*9-3(10)1-7-5(13)6(14)8-2-4(11)12;4*1-2-3-4/h2*1-2H2,(H,7,13)(H,8,14)(H,9,10)(H,11,12);4*2-4H2,1H3. The van der Waals surface area contributed by atoms with Crippen LogP contribution in [-0.2, 0) is 38.4 Å². The highest BCUT2D eigenvalue weighted by Crippen LogP contribution is 1.69. The molecule has 16 N–H and O–H groups in total. The van der Waals surface area contributed by atoms with Crippen LogP contribution >= 0.6 is 0 Å². The van der Waals surface area contributed by atoms with Crippen LogP contribution in [0, 0.1) is 0 Å². The van der Waals surface area contributed by atoms with Gasteiger partial charge in [-0.25, -0.2) is 0 Å². The number of carbonyl (C=O) groups is 8. The van der Waals surface area contributed by atoms with Crippen molar-refractivity contribution in [1.82, 2.24) is 21.3 Å². The zero-order valence-electron chi connectivity index (χ0n) is 26.2. The van der Waals surface area contributed by atoms with Crippen molar-refractivity contribution in [3.63, 3.8) is 0 Å². The third-order valence-electron chi connectivity index (χ3n) is 3.40. The Bertz CT molecular complexity index is 663. The molecule has 0 aliphatic heterocycles. The zero-order chi connectivity index (χ0) is 35.9. The molecule has 0 spiro atoms. The summed E-state index contributed by atoms with van der Waals surface area (Å²) in [4.78, 5) is 81.9. The van der Waals surface area contributed by atoms with Crippen LogP contribution < -0.4 is 64.6 Å². The molecule has 0 unspecified atom stereocenters. The number of amides is 4. The Morgan fingerprint density at radius 1 is 0.386 bits per heavy atom. The van der Waals surface area contributed by atoms with Crippen LogP contribution in [0.3, 0.4) is 0 Å². The molecule has 0 atom stereocenters. The quantitative estimate of drug-likeness (QED) is 0.0918. The van der Waals surface area contributed by atoms with Crippen molar-refractivity contribution in [2.75, 3.05) is 52.4 Å². The zero-order valence-corrected chi connectivity index (χ0v) is 26.2. The van der Waals surface area contributed by atoms with Gasteiger partial charge in [-0.1, -0.05) is 27.7 Å². The first-order valence-corrected chi connectivity index (χ1v) is 13.6. The fourth-order valence-electron chi connectivity index (χ4n) is 0.931. The summed E-state index contributed by atoms with van der Waals surface area (Å²) in [5, 5.41) is 46.0. The molecule has 0 aromatic rings. The molecule has 0 bridgehead atoms. The number of carboxylic acids is 4. The van der Waals surface area contributed by atoms with E-state index in [0.29, 0.717) is 0 Å². The third-order valence-corrected chi connectivity index (χ3v) is 3.40. The smallest absolute Gasteiger partial charge is 0.309 e. The predicted molar refractivity (Wildman–Crippen MR) is 144 cm³/mol. The van der Waals surface area contributed by atoms with Gasteiger partial charge in [0.1, 0.15) is 0 Å². The molecule has 0 fully saturated rings. The van der Waals surface area contributed by atoms with Gasteiger partial charge in [-0.3, -0.25) is 19.2 Å². The minimum atomic E-state index is -1.56. The number of hydrogen-bond acceptors (Lipinski definition) is 12. The molecule has 0 radical (unpaired) electrons. The van der Waals surface area contributed by atoms with Crippen LogP contribution in [-0.4, -0.2) is 99.9 Å². The minimum absolute atomic E-state index is 0.822. The molecule has 0 saturated carbocycles. The van der Waals surface area contributed by atoms with E-state index in [9.17, 15) is 58.8 Å². The first-order chi connectivity index (χ1) is 20.5. The average molecular weight is 645 g/mol. The summed E-state index contributed by atoms with van der Waals surface area (Å²) < 4.78 is 0. The molecule has 0 rings (SSSR count). The molecular weight excluding hydrogens is 592 g/mol. The topological polar surface area (TPSA) is 387 Å². The van der Waals surface area contributed by atoms with Crippen molar-refractivity contribution in [3.8, 4) is 0 Å². The summed E-state index contributed by atoms with van der Waals surface area (Å²) >= 11 is 0. The van der Waals surface area contributed by atoms with E-state index in [0.717, 1.165) is 26.2 Å². The van der Waals surface area contributed by atoms with Crippen molar-refractivity contribution in [1.29, 1.82) is 0 Å². The van der Waals surface area contributed by atoms with Crippen molar-refractivity contribution >= 4 is 47.5 Å². The summed E-state index contributed by atoms with van der Waals surface area (Å²) in [5.41, 5.74) is 14.4. The van der Waals surface area contributed by atoms with E-state index in [1.165, 1.54) is 25.7 Å². The van der Waals surface area contributed by atoms with Gasteiger partial charge in [0, 0.05) is 0 Å². The van der Waals surface area contributed by atoms with Crippen LogP contribution in [0.2, 0.25) is 0 Å². The molecule has 0 saturated heterocycles. The van der Waals surface area contributed by atoms with E-state index in [1.54, 1.807) is 21.3 Å². The summed E-state index contributed by atoms with van der Waals surface area (Å²) in [7, 11) is 0. The van der Waals surface area contributed by atoms with Crippen molar-refractivity contribution < 1.29 is 81.7 Å². The monoisotopic (exact) mass is 644 g/mol. The first-order valence-electron chi connectivity index (χ1n) is 13.6. The molecular formula is C24H52N8O12. The van der Waals surface area contributed by atoms with E-state index < -0.39 is 73.7 Å². The minimum Gasteiger partial charge on any atom is -0.548 e. The number of rotatable bonds is 12. The molecule has 44 heavy (non-hydrogen) atoms. The van der Waals surface area contributed by atoms with Crippen LogP contribution in [0.15, 0.2) is 0 Å². The lowest BCUT2D eigenvalue weighted by Crippen LogP contribution is -2.49. The Morgan fingerprint density at radius 3 is 0.568 bits per heavy atom. The Morgan fingerprint density at radius 2 is 0.500 bits per heavy atom. The molecule has 4 amide bonds. The molecule has 260 valence electrons. The Kier molecular flexibility index (Phi) is 51.1. The second-order valence-corrected chi connectivity index (χ2v) is 7.63. The Balaban J connectivity index is -0.000000111. The van der Waals surface area contributed by atoms with Crippen molar-refractivity contribution in [2.45, 2.75) is 53.4 Å². The number of quaternary nitrogens is 4. The second kappa shape index (κ2) is 43.1. The highest BCUT2D eigenvalue weighted by molar-refractivity contribution is 6.36. The van der Waals surface area contributed by atoms with E-state index in [-0.39, 0.29) is 0 Å². The maximum Gasteiger partial charge on any atom is 0.309 e. The van der Waals surface area contributed by atoms with E-state index in [2.05, 4.69) is 50.6 Å². The second-order valence-electron chi connectivity index (χ2n) is 7.63. The predicted octanol–water partition coefficient (Wildman–Crippen LogP) is -12.0. The van der Waals surface area contributed by atoms with E-state index >= 15 is 0 Å². The fraction of sp³-hybridized carbons (Fsp3) is 0.667. The van der Waals surface area contributed by atoms with Gasteiger partial charge in [-0.15, -0.1) is 0 Å². The fourth-order valence-corrected chi connectivity index (χ4v) is 0.931. The Labute approximate surface area is 256 Å². The van der Waals surface area contributed by atoms with E-state index in [1.807, 2.05) is 0 Å². The summed E-state index contributed by atoms with van der Waals surface area (Å²) in [6.45, 7) is 9.46. The molecule has 0 heterocycles. The van der Waals surface area contributed by atoms with Crippen molar-refractivity contribution in [2.24, 2.45) is 0 Å². The number of aliphatic carboxylic acids is 4. The van der Waals surface area contributed by atoms with Crippen LogP contribution in [0.4, 0.5) is 0 Å². The molecule has 0 aliphatic rings. The van der Waals surface area contributed by atoms with Gasteiger partial charge in [0.2, 0.25) is 0 Å².